The zero-order valence-corrected chi connectivity index (χ0v) is 10.4. The van der Waals surface area contributed by atoms with E-state index in [-0.39, 0.29) is 11.8 Å². The second-order valence-corrected chi connectivity index (χ2v) is 3.90. The molecule has 0 aliphatic carbocycles. The minimum atomic E-state index is 0.0281. The van der Waals surface area contributed by atoms with Crippen LogP contribution in [-0.2, 0) is 9.53 Å². The number of carbonyl (C=O) groups is 1. The van der Waals surface area contributed by atoms with Crippen LogP contribution in [0.2, 0.25) is 0 Å². The Morgan fingerprint density at radius 1 is 1.62 bits per heavy atom. The largest absolute Gasteiger partial charge is 0.383 e. The summed E-state index contributed by atoms with van der Waals surface area (Å²) in [5, 5.41) is 0. The zero-order valence-electron chi connectivity index (χ0n) is 10.4. The number of ether oxygens (including phenoxy) is 1. The topological polar surface area (TPSA) is 55.6 Å². The normalized spacial score (nSPS) is 12.2. The Morgan fingerprint density at radius 3 is 2.81 bits per heavy atom. The maximum atomic E-state index is 12.0. The summed E-state index contributed by atoms with van der Waals surface area (Å²) < 4.78 is 4.98. The Hall–Kier alpha value is -0.870. The molecule has 1 atom stereocenters. The van der Waals surface area contributed by atoms with Crippen molar-refractivity contribution < 1.29 is 9.53 Å². The van der Waals surface area contributed by atoms with Gasteiger partial charge in [-0.15, -0.1) is 6.58 Å². The first-order chi connectivity index (χ1) is 7.67. The summed E-state index contributed by atoms with van der Waals surface area (Å²) in [4.78, 5) is 13.8. The van der Waals surface area contributed by atoms with Crippen molar-refractivity contribution in [3.05, 3.63) is 12.7 Å². The van der Waals surface area contributed by atoms with E-state index in [1.807, 2.05) is 6.92 Å². The molecule has 2 N–H and O–H groups in total. The molecule has 0 saturated heterocycles. The van der Waals surface area contributed by atoms with Crippen LogP contribution in [0.25, 0.3) is 0 Å². The van der Waals surface area contributed by atoms with Gasteiger partial charge in [-0.3, -0.25) is 4.79 Å². The molecule has 0 aromatic rings. The Bertz CT molecular complexity index is 207. The number of rotatable bonds is 9. The lowest BCUT2D eigenvalue weighted by Gasteiger charge is -2.24. The number of amides is 1. The van der Waals surface area contributed by atoms with E-state index in [0.717, 1.165) is 12.8 Å². The second kappa shape index (κ2) is 9.36. The third-order valence-corrected chi connectivity index (χ3v) is 2.49. The first kappa shape index (κ1) is 15.1. The van der Waals surface area contributed by atoms with Crippen LogP contribution in [0.4, 0.5) is 0 Å². The average Bonchev–Trinajstić information content (AvgIpc) is 2.30. The van der Waals surface area contributed by atoms with E-state index < -0.39 is 0 Å². The van der Waals surface area contributed by atoms with Crippen LogP contribution in [0.5, 0.6) is 0 Å². The molecular formula is C12H24N2O2. The van der Waals surface area contributed by atoms with E-state index in [0.29, 0.717) is 26.2 Å². The van der Waals surface area contributed by atoms with Crippen LogP contribution in [0.15, 0.2) is 12.7 Å². The molecule has 1 unspecified atom stereocenters. The van der Waals surface area contributed by atoms with Crippen LogP contribution in [-0.4, -0.2) is 44.2 Å². The number of hydrogen-bond donors (Lipinski definition) is 1. The van der Waals surface area contributed by atoms with E-state index in [9.17, 15) is 4.79 Å². The molecular weight excluding hydrogens is 204 g/mol. The van der Waals surface area contributed by atoms with Gasteiger partial charge >= 0.3 is 0 Å². The summed E-state index contributed by atoms with van der Waals surface area (Å²) in [6.07, 6.45) is 3.47. The van der Waals surface area contributed by atoms with Crippen molar-refractivity contribution in [1.82, 2.24) is 4.90 Å². The maximum Gasteiger partial charge on any atom is 0.225 e. The number of methoxy groups -OCH3 is 1. The van der Waals surface area contributed by atoms with Gasteiger partial charge in [0.05, 0.1) is 6.61 Å². The lowest BCUT2D eigenvalue weighted by atomic mass is 10.0. The van der Waals surface area contributed by atoms with E-state index in [4.69, 9.17) is 10.5 Å². The molecule has 0 saturated carbocycles. The lowest BCUT2D eigenvalue weighted by molar-refractivity contribution is -0.135. The molecule has 0 aromatic heterocycles. The molecule has 4 heteroatoms. The molecule has 0 radical (unpaired) electrons. The Balaban J connectivity index is 4.17. The van der Waals surface area contributed by atoms with Crippen molar-refractivity contribution in [3.63, 3.8) is 0 Å². The first-order valence-corrected chi connectivity index (χ1v) is 5.76. The fraction of sp³-hybridized carbons (Fsp3) is 0.750. The second-order valence-electron chi connectivity index (χ2n) is 3.90. The summed E-state index contributed by atoms with van der Waals surface area (Å²) >= 11 is 0. The fourth-order valence-corrected chi connectivity index (χ4v) is 1.51. The van der Waals surface area contributed by atoms with Gasteiger partial charge in [-0.1, -0.05) is 13.0 Å². The maximum absolute atomic E-state index is 12.0. The molecule has 16 heavy (non-hydrogen) atoms. The van der Waals surface area contributed by atoms with Crippen molar-refractivity contribution >= 4 is 5.91 Å². The predicted octanol–water partition coefficient (Wildman–Crippen LogP) is 1.02. The lowest BCUT2D eigenvalue weighted by Crippen LogP contribution is -2.37. The summed E-state index contributed by atoms with van der Waals surface area (Å²) in [7, 11) is 1.63. The third-order valence-electron chi connectivity index (χ3n) is 2.49. The summed E-state index contributed by atoms with van der Waals surface area (Å²) in [6, 6.07) is 0. The van der Waals surface area contributed by atoms with E-state index in [1.54, 1.807) is 18.1 Å². The highest BCUT2D eigenvalue weighted by Crippen LogP contribution is 2.09. The molecule has 94 valence electrons. The number of nitrogens with zero attached hydrogens (tertiary/aromatic N) is 1. The van der Waals surface area contributed by atoms with Crippen LogP contribution < -0.4 is 5.73 Å². The molecule has 0 heterocycles. The van der Waals surface area contributed by atoms with Crippen LogP contribution >= 0.6 is 0 Å². The number of carbonyl (C=O) groups excluding carboxylic acids is 1. The van der Waals surface area contributed by atoms with Crippen molar-refractivity contribution in [3.8, 4) is 0 Å². The Kier molecular flexibility index (Phi) is 8.85. The molecule has 0 fully saturated rings. The standard InChI is InChI=1S/C12H24N2O2/c1-4-8-14(9-10-16-3)12(15)11(2)6-5-7-13/h4,11H,1,5-10,13H2,2-3H3. The number of hydrogen-bond acceptors (Lipinski definition) is 3. The highest BCUT2D eigenvalue weighted by Gasteiger charge is 2.18. The average molecular weight is 228 g/mol. The van der Waals surface area contributed by atoms with Gasteiger partial charge in [-0.25, -0.2) is 0 Å². The summed E-state index contributed by atoms with van der Waals surface area (Å²) in [5.74, 6) is 0.186. The molecule has 0 rings (SSSR count). The van der Waals surface area contributed by atoms with Gasteiger partial charge in [0.2, 0.25) is 5.91 Å². The number of nitrogens with two attached hydrogens (primary N) is 1. The van der Waals surface area contributed by atoms with Gasteiger partial charge in [0.15, 0.2) is 0 Å². The molecule has 1 amide bonds. The van der Waals surface area contributed by atoms with Gasteiger partial charge in [0, 0.05) is 26.1 Å². The summed E-state index contributed by atoms with van der Waals surface area (Å²) in [6.45, 7) is 8.00. The minimum Gasteiger partial charge on any atom is -0.383 e. The van der Waals surface area contributed by atoms with Crippen molar-refractivity contribution in [1.29, 1.82) is 0 Å². The smallest absolute Gasteiger partial charge is 0.225 e. The molecule has 0 spiro atoms. The predicted molar refractivity (Wildman–Crippen MR) is 66.1 cm³/mol. The zero-order chi connectivity index (χ0) is 12.4. The Labute approximate surface area is 98.4 Å². The summed E-state index contributed by atoms with van der Waals surface area (Å²) in [5.41, 5.74) is 5.43. The highest BCUT2D eigenvalue weighted by atomic mass is 16.5. The molecule has 0 bridgehead atoms. The minimum absolute atomic E-state index is 0.0281. The molecule has 4 nitrogen and oxygen atoms in total. The van der Waals surface area contributed by atoms with Crippen molar-refractivity contribution in [2.24, 2.45) is 11.7 Å². The highest BCUT2D eigenvalue weighted by molar-refractivity contribution is 5.78. The molecule has 0 aliphatic rings. The van der Waals surface area contributed by atoms with Gasteiger partial charge < -0.3 is 15.4 Å². The molecule has 0 aromatic carbocycles. The van der Waals surface area contributed by atoms with E-state index >= 15 is 0 Å². The van der Waals surface area contributed by atoms with Crippen molar-refractivity contribution in [2.75, 3.05) is 33.4 Å². The van der Waals surface area contributed by atoms with Gasteiger partial charge in [0.25, 0.3) is 0 Å². The third kappa shape index (κ3) is 5.88. The SMILES string of the molecule is C=CCN(CCOC)C(=O)C(C)CCCN. The molecule has 0 aliphatic heterocycles. The quantitative estimate of drug-likeness (QED) is 0.599. The van der Waals surface area contributed by atoms with Crippen LogP contribution in [0.3, 0.4) is 0 Å². The van der Waals surface area contributed by atoms with Gasteiger partial charge in [-0.05, 0) is 19.4 Å². The monoisotopic (exact) mass is 228 g/mol. The van der Waals surface area contributed by atoms with Crippen LogP contribution in [0, 0.1) is 5.92 Å². The van der Waals surface area contributed by atoms with E-state index in [1.165, 1.54) is 0 Å². The fourth-order valence-electron chi connectivity index (χ4n) is 1.51. The van der Waals surface area contributed by atoms with Crippen molar-refractivity contribution in [2.45, 2.75) is 19.8 Å². The van der Waals surface area contributed by atoms with E-state index in [2.05, 4.69) is 6.58 Å². The van der Waals surface area contributed by atoms with Gasteiger partial charge in [-0.2, -0.15) is 0 Å². The first-order valence-electron chi connectivity index (χ1n) is 5.76. The Morgan fingerprint density at radius 2 is 2.31 bits per heavy atom. The van der Waals surface area contributed by atoms with Crippen LogP contribution in [0.1, 0.15) is 19.8 Å². The van der Waals surface area contributed by atoms with Gasteiger partial charge in [0.1, 0.15) is 0 Å².